The SMILES string of the molecule is C[C@@H](CCc1ccccc1)NC(=O)CSc1nnc(-c2ccco2)n1C. The van der Waals surface area contributed by atoms with E-state index in [2.05, 4.69) is 27.6 Å². The minimum absolute atomic E-state index is 0.00175. The zero-order valence-corrected chi connectivity index (χ0v) is 15.7. The van der Waals surface area contributed by atoms with Crippen LogP contribution in [0.4, 0.5) is 0 Å². The van der Waals surface area contributed by atoms with Gasteiger partial charge in [0.2, 0.25) is 5.91 Å². The average Bonchev–Trinajstić information content (AvgIpc) is 3.29. The van der Waals surface area contributed by atoms with Crippen molar-refractivity contribution in [3.63, 3.8) is 0 Å². The molecule has 1 aromatic carbocycles. The molecular formula is C19H22N4O2S. The molecule has 136 valence electrons. The molecule has 3 rings (SSSR count). The number of rotatable bonds is 8. The van der Waals surface area contributed by atoms with Gasteiger partial charge in [0.25, 0.3) is 0 Å². The molecule has 0 aliphatic heterocycles. The normalized spacial score (nSPS) is 12.1. The van der Waals surface area contributed by atoms with Crippen molar-refractivity contribution in [3.8, 4) is 11.6 Å². The van der Waals surface area contributed by atoms with Gasteiger partial charge in [-0.05, 0) is 37.5 Å². The Morgan fingerprint density at radius 2 is 2.04 bits per heavy atom. The van der Waals surface area contributed by atoms with E-state index in [1.807, 2.05) is 42.8 Å². The summed E-state index contributed by atoms with van der Waals surface area (Å²) in [6, 6.07) is 14.1. The van der Waals surface area contributed by atoms with Crippen LogP contribution in [0.1, 0.15) is 18.9 Å². The van der Waals surface area contributed by atoms with E-state index >= 15 is 0 Å². The van der Waals surface area contributed by atoms with Gasteiger partial charge < -0.3 is 14.3 Å². The van der Waals surface area contributed by atoms with Crippen LogP contribution in [0.3, 0.4) is 0 Å². The number of hydrogen-bond donors (Lipinski definition) is 1. The molecule has 0 saturated carbocycles. The molecule has 2 heterocycles. The smallest absolute Gasteiger partial charge is 0.230 e. The number of thioether (sulfide) groups is 1. The minimum atomic E-state index is -0.00175. The average molecular weight is 370 g/mol. The highest BCUT2D eigenvalue weighted by Crippen LogP contribution is 2.22. The van der Waals surface area contributed by atoms with Crippen LogP contribution in [0.2, 0.25) is 0 Å². The third kappa shape index (κ3) is 4.76. The molecule has 0 aliphatic carbocycles. The first-order valence-corrected chi connectivity index (χ1v) is 9.51. The number of furan rings is 1. The van der Waals surface area contributed by atoms with Crippen LogP contribution in [-0.2, 0) is 18.3 Å². The molecule has 0 unspecified atom stereocenters. The van der Waals surface area contributed by atoms with Crippen LogP contribution in [0.15, 0.2) is 58.3 Å². The lowest BCUT2D eigenvalue weighted by Gasteiger charge is -2.13. The number of amides is 1. The molecule has 0 aliphatic rings. The summed E-state index contributed by atoms with van der Waals surface area (Å²) < 4.78 is 7.17. The lowest BCUT2D eigenvalue weighted by molar-refractivity contribution is -0.119. The summed E-state index contributed by atoms with van der Waals surface area (Å²) in [5.74, 6) is 1.61. The third-order valence-electron chi connectivity index (χ3n) is 4.03. The van der Waals surface area contributed by atoms with Crippen molar-refractivity contribution in [2.24, 2.45) is 7.05 Å². The number of nitrogens with one attached hydrogen (secondary N) is 1. The van der Waals surface area contributed by atoms with Gasteiger partial charge in [0, 0.05) is 13.1 Å². The topological polar surface area (TPSA) is 73.0 Å². The van der Waals surface area contributed by atoms with E-state index in [0.717, 1.165) is 12.8 Å². The molecule has 6 nitrogen and oxygen atoms in total. The van der Waals surface area contributed by atoms with E-state index in [9.17, 15) is 4.79 Å². The van der Waals surface area contributed by atoms with Crippen LogP contribution < -0.4 is 5.32 Å². The quantitative estimate of drug-likeness (QED) is 0.616. The number of nitrogens with zero attached hydrogens (tertiary/aromatic N) is 3. The van der Waals surface area contributed by atoms with Gasteiger partial charge in [-0.2, -0.15) is 0 Å². The minimum Gasteiger partial charge on any atom is -0.461 e. The summed E-state index contributed by atoms with van der Waals surface area (Å²) in [4.78, 5) is 12.2. The maximum Gasteiger partial charge on any atom is 0.230 e. The predicted molar refractivity (Wildman–Crippen MR) is 102 cm³/mol. The van der Waals surface area contributed by atoms with Crippen LogP contribution in [-0.4, -0.2) is 32.5 Å². The Balaban J connectivity index is 1.45. The van der Waals surface area contributed by atoms with Crippen LogP contribution in [0.5, 0.6) is 0 Å². The van der Waals surface area contributed by atoms with Gasteiger partial charge in [-0.25, -0.2) is 0 Å². The van der Waals surface area contributed by atoms with Gasteiger partial charge >= 0.3 is 0 Å². The van der Waals surface area contributed by atoms with Crippen molar-refractivity contribution >= 4 is 17.7 Å². The predicted octanol–water partition coefficient (Wildman–Crippen LogP) is 3.30. The van der Waals surface area contributed by atoms with Gasteiger partial charge in [-0.15, -0.1) is 10.2 Å². The number of hydrogen-bond acceptors (Lipinski definition) is 5. The number of benzene rings is 1. The van der Waals surface area contributed by atoms with Crippen molar-refractivity contribution in [1.29, 1.82) is 0 Å². The summed E-state index contributed by atoms with van der Waals surface area (Å²) in [5, 5.41) is 12.0. The monoisotopic (exact) mass is 370 g/mol. The first-order valence-electron chi connectivity index (χ1n) is 8.53. The summed E-state index contributed by atoms with van der Waals surface area (Å²) >= 11 is 1.37. The van der Waals surface area contributed by atoms with E-state index in [1.165, 1.54) is 17.3 Å². The largest absolute Gasteiger partial charge is 0.461 e. The summed E-state index contributed by atoms with van der Waals surface area (Å²) in [6.45, 7) is 2.03. The Hall–Kier alpha value is -2.54. The molecule has 0 bridgehead atoms. The van der Waals surface area contributed by atoms with Gasteiger partial charge in [0.15, 0.2) is 16.7 Å². The fourth-order valence-electron chi connectivity index (χ4n) is 2.61. The zero-order chi connectivity index (χ0) is 18.4. The van der Waals surface area contributed by atoms with Crippen molar-refractivity contribution in [3.05, 3.63) is 54.3 Å². The molecule has 1 amide bonds. The lowest BCUT2D eigenvalue weighted by atomic mass is 10.1. The highest BCUT2D eigenvalue weighted by Gasteiger charge is 2.15. The molecule has 2 aromatic heterocycles. The number of aromatic nitrogens is 3. The maximum absolute atomic E-state index is 12.2. The van der Waals surface area contributed by atoms with Crippen molar-refractivity contribution in [2.45, 2.75) is 31.0 Å². The molecule has 0 fully saturated rings. The molecule has 0 saturated heterocycles. The van der Waals surface area contributed by atoms with E-state index < -0.39 is 0 Å². The second kappa shape index (κ2) is 8.71. The van der Waals surface area contributed by atoms with Crippen LogP contribution in [0, 0.1) is 0 Å². The van der Waals surface area contributed by atoms with Gasteiger partial charge in [0.1, 0.15) is 0 Å². The Morgan fingerprint density at radius 3 is 2.77 bits per heavy atom. The van der Waals surface area contributed by atoms with E-state index in [0.29, 0.717) is 22.5 Å². The maximum atomic E-state index is 12.2. The van der Waals surface area contributed by atoms with Crippen molar-refractivity contribution in [2.75, 3.05) is 5.75 Å². The summed E-state index contributed by atoms with van der Waals surface area (Å²) in [6.07, 6.45) is 3.46. The summed E-state index contributed by atoms with van der Waals surface area (Å²) in [7, 11) is 1.86. The standard InChI is InChI=1S/C19H22N4O2S/c1-14(10-11-15-7-4-3-5-8-15)20-17(24)13-26-19-22-21-18(23(19)2)16-9-6-12-25-16/h3-9,12,14H,10-11,13H2,1-2H3,(H,20,24)/t14-/m0/s1. The Morgan fingerprint density at radius 1 is 1.23 bits per heavy atom. The van der Waals surface area contributed by atoms with E-state index in [4.69, 9.17) is 4.42 Å². The zero-order valence-electron chi connectivity index (χ0n) is 14.9. The molecule has 0 spiro atoms. The Labute approximate surface area is 157 Å². The lowest BCUT2D eigenvalue weighted by Crippen LogP contribution is -2.34. The third-order valence-corrected chi connectivity index (χ3v) is 5.05. The van der Waals surface area contributed by atoms with Gasteiger partial charge in [-0.3, -0.25) is 4.79 Å². The summed E-state index contributed by atoms with van der Waals surface area (Å²) in [5.41, 5.74) is 1.28. The fourth-order valence-corrected chi connectivity index (χ4v) is 3.33. The molecule has 26 heavy (non-hydrogen) atoms. The molecular weight excluding hydrogens is 348 g/mol. The van der Waals surface area contributed by atoms with Gasteiger partial charge in [-0.1, -0.05) is 42.1 Å². The molecule has 3 aromatic rings. The number of aryl methyl sites for hydroxylation is 1. The second-order valence-corrected chi connectivity index (χ2v) is 7.07. The van der Waals surface area contributed by atoms with E-state index in [-0.39, 0.29) is 11.9 Å². The molecule has 7 heteroatoms. The Kier molecular flexibility index (Phi) is 6.12. The van der Waals surface area contributed by atoms with Gasteiger partial charge in [0.05, 0.1) is 12.0 Å². The van der Waals surface area contributed by atoms with E-state index in [1.54, 1.807) is 12.3 Å². The number of carbonyl (C=O) groups excluding carboxylic acids is 1. The molecule has 0 radical (unpaired) electrons. The molecule has 1 N–H and O–H groups in total. The van der Waals surface area contributed by atoms with Crippen LogP contribution in [0.25, 0.3) is 11.6 Å². The molecule has 1 atom stereocenters. The Bertz CT molecular complexity index is 831. The first kappa shape index (κ1) is 18.3. The van der Waals surface area contributed by atoms with Crippen molar-refractivity contribution < 1.29 is 9.21 Å². The second-order valence-electron chi connectivity index (χ2n) is 6.12. The first-order chi connectivity index (χ1) is 12.6. The van der Waals surface area contributed by atoms with Crippen molar-refractivity contribution in [1.82, 2.24) is 20.1 Å². The highest BCUT2D eigenvalue weighted by atomic mass is 32.2. The highest BCUT2D eigenvalue weighted by molar-refractivity contribution is 7.99. The fraction of sp³-hybridized carbons (Fsp3) is 0.316. The van der Waals surface area contributed by atoms with Crippen LogP contribution >= 0.6 is 11.8 Å². The number of carbonyl (C=O) groups is 1.